The van der Waals surface area contributed by atoms with E-state index in [0.29, 0.717) is 0 Å². The van der Waals surface area contributed by atoms with Crippen LogP contribution in [0.3, 0.4) is 0 Å². The summed E-state index contributed by atoms with van der Waals surface area (Å²) in [6.45, 7) is 8.87. The number of benzene rings is 3. The minimum atomic E-state index is 0.252. The van der Waals surface area contributed by atoms with Crippen molar-refractivity contribution < 1.29 is 0 Å². The molecule has 0 saturated carbocycles. The van der Waals surface area contributed by atoms with Gasteiger partial charge in [0.25, 0.3) is 0 Å². The van der Waals surface area contributed by atoms with Crippen LogP contribution in [0.25, 0.3) is 53.5 Å². The molecule has 6 aromatic rings. The zero-order chi connectivity index (χ0) is 24.2. The first-order valence-corrected chi connectivity index (χ1v) is 12.8. The fourth-order valence-corrected chi connectivity index (χ4v) is 6.09. The monoisotopic (exact) mass is 473 g/mol. The molecule has 3 heterocycles. The van der Waals surface area contributed by atoms with Gasteiger partial charge < -0.3 is 0 Å². The van der Waals surface area contributed by atoms with E-state index < -0.39 is 0 Å². The van der Waals surface area contributed by atoms with Crippen LogP contribution in [0, 0.1) is 12.3 Å². The van der Waals surface area contributed by atoms with Crippen LogP contribution in [0.2, 0.25) is 0 Å². The second-order valence-electron chi connectivity index (χ2n) is 10.5. The zero-order valence-corrected chi connectivity index (χ0v) is 21.3. The molecule has 3 nitrogen and oxygen atoms in total. The van der Waals surface area contributed by atoms with Crippen LogP contribution >= 0.6 is 11.3 Å². The van der Waals surface area contributed by atoms with Gasteiger partial charge in [-0.25, -0.2) is 9.97 Å². The summed E-state index contributed by atoms with van der Waals surface area (Å²) in [6, 6.07) is 24.1. The molecule has 0 bridgehead atoms. The number of hydrogen-bond donors (Lipinski definition) is 0. The van der Waals surface area contributed by atoms with Crippen LogP contribution in [0.15, 0.2) is 79.3 Å². The fraction of sp³-hybridized carbons (Fsp3) is 0.194. The van der Waals surface area contributed by atoms with Gasteiger partial charge in [-0.15, -0.1) is 11.3 Å². The molecule has 0 N–H and O–H groups in total. The van der Waals surface area contributed by atoms with Gasteiger partial charge in [0.2, 0.25) is 0 Å². The Balaban J connectivity index is 1.57. The number of nitrogens with zero attached hydrogens (tertiary/aromatic N) is 3. The third kappa shape index (κ3) is 4.08. The van der Waals surface area contributed by atoms with Crippen molar-refractivity contribution in [1.29, 1.82) is 0 Å². The lowest BCUT2D eigenvalue weighted by molar-refractivity contribution is 0.411. The molecule has 172 valence electrons. The molecule has 6 rings (SSSR count). The normalized spacial score (nSPS) is 12.1. The maximum atomic E-state index is 4.79. The van der Waals surface area contributed by atoms with Gasteiger partial charge in [0.05, 0.1) is 15.9 Å². The first-order chi connectivity index (χ1) is 16.9. The van der Waals surface area contributed by atoms with Gasteiger partial charge in [0, 0.05) is 33.1 Å². The van der Waals surface area contributed by atoms with Crippen LogP contribution in [0.4, 0.5) is 0 Å². The Morgan fingerprint density at radius 2 is 1.66 bits per heavy atom. The molecule has 4 heteroatoms. The van der Waals surface area contributed by atoms with Crippen molar-refractivity contribution in [2.75, 3.05) is 0 Å². The second kappa shape index (κ2) is 8.24. The van der Waals surface area contributed by atoms with Crippen LogP contribution < -0.4 is 0 Å². The van der Waals surface area contributed by atoms with Crippen molar-refractivity contribution in [2.24, 2.45) is 5.41 Å². The SMILES string of the molecule is Cc1ccc(-c2cc(-c3ncnc4c3sc3cc(CC(C)(C)C)ccc34)cc3ccccc23)cn1. The van der Waals surface area contributed by atoms with E-state index >= 15 is 0 Å². The van der Waals surface area contributed by atoms with E-state index in [-0.39, 0.29) is 5.41 Å². The molecule has 0 aliphatic rings. The van der Waals surface area contributed by atoms with Gasteiger partial charge in [-0.1, -0.05) is 63.2 Å². The van der Waals surface area contributed by atoms with Crippen LogP contribution in [0.5, 0.6) is 0 Å². The minimum absolute atomic E-state index is 0.252. The number of fused-ring (bicyclic) bond motifs is 4. The first kappa shape index (κ1) is 21.9. The molecule has 0 fully saturated rings. The van der Waals surface area contributed by atoms with Crippen molar-refractivity contribution in [2.45, 2.75) is 34.1 Å². The Hall–Kier alpha value is -3.63. The summed E-state index contributed by atoms with van der Waals surface area (Å²) in [5.41, 5.74) is 8.04. The van der Waals surface area contributed by atoms with E-state index in [4.69, 9.17) is 9.97 Å². The Morgan fingerprint density at radius 1 is 0.800 bits per heavy atom. The molecular weight excluding hydrogens is 446 g/mol. The largest absolute Gasteiger partial charge is 0.261 e. The molecule has 0 spiro atoms. The molecule has 3 aromatic carbocycles. The van der Waals surface area contributed by atoms with Gasteiger partial charge in [-0.3, -0.25) is 4.98 Å². The number of aryl methyl sites for hydroxylation is 1. The quantitative estimate of drug-likeness (QED) is 0.258. The molecule has 0 saturated heterocycles. The summed E-state index contributed by atoms with van der Waals surface area (Å²) >= 11 is 1.79. The highest BCUT2D eigenvalue weighted by Crippen LogP contribution is 2.41. The van der Waals surface area contributed by atoms with E-state index in [1.165, 1.54) is 32.0 Å². The zero-order valence-electron chi connectivity index (χ0n) is 20.5. The second-order valence-corrected chi connectivity index (χ2v) is 11.6. The highest BCUT2D eigenvalue weighted by molar-refractivity contribution is 7.26. The third-order valence-corrected chi connectivity index (χ3v) is 7.56. The van der Waals surface area contributed by atoms with Crippen molar-refractivity contribution in [3.05, 3.63) is 90.5 Å². The number of pyridine rings is 1. The molecule has 35 heavy (non-hydrogen) atoms. The van der Waals surface area contributed by atoms with Gasteiger partial charge in [0.15, 0.2) is 0 Å². The summed E-state index contributed by atoms with van der Waals surface area (Å²) in [5, 5.41) is 3.62. The average molecular weight is 474 g/mol. The first-order valence-electron chi connectivity index (χ1n) is 12.0. The molecule has 3 aromatic heterocycles. The summed E-state index contributed by atoms with van der Waals surface area (Å²) in [4.78, 5) is 14.0. The van der Waals surface area contributed by atoms with Gasteiger partial charge >= 0.3 is 0 Å². The van der Waals surface area contributed by atoms with Crippen LogP contribution in [-0.4, -0.2) is 15.0 Å². The molecule has 0 unspecified atom stereocenters. The predicted octanol–water partition coefficient (Wildman–Crippen LogP) is 8.62. The number of hydrogen-bond acceptors (Lipinski definition) is 4. The number of thiophene rings is 1. The van der Waals surface area contributed by atoms with Crippen LogP contribution in [0.1, 0.15) is 32.0 Å². The maximum Gasteiger partial charge on any atom is 0.116 e. The molecule has 0 amide bonds. The summed E-state index contributed by atoms with van der Waals surface area (Å²) < 4.78 is 2.41. The molecular formula is C31H27N3S. The smallest absolute Gasteiger partial charge is 0.116 e. The highest BCUT2D eigenvalue weighted by atomic mass is 32.1. The van der Waals surface area contributed by atoms with Crippen molar-refractivity contribution in [3.63, 3.8) is 0 Å². The molecule has 0 aliphatic carbocycles. The number of rotatable bonds is 3. The topological polar surface area (TPSA) is 38.7 Å². The predicted molar refractivity (Wildman–Crippen MR) is 149 cm³/mol. The highest BCUT2D eigenvalue weighted by Gasteiger charge is 2.17. The molecule has 0 aliphatic heterocycles. The van der Waals surface area contributed by atoms with E-state index in [0.717, 1.165) is 39.2 Å². The fourth-order valence-electron chi connectivity index (χ4n) is 4.86. The lowest BCUT2D eigenvalue weighted by Crippen LogP contribution is -2.08. The Morgan fingerprint density at radius 3 is 2.46 bits per heavy atom. The summed E-state index contributed by atoms with van der Waals surface area (Å²) in [6.07, 6.45) is 4.72. The van der Waals surface area contributed by atoms with Gasteiger partial charge in [0.1, 0.15) is 6.33 Å². The Labute approximate surface area is 209 Å². The summed E-state index contributed by atoms with van der Waals surface area (Å²) in [5.74, 6) is 0. The van der Waals surface area contributed by atoms with E-state index in [1.807, 2.05) is 13.1 Å². The lowest BCUT2D eigenvalue weighted by atomic mass is 9.88. The molecule has 0 radical (unpaired) electrons. The maximum absolute atomic E-state index is 4.79. The Kier molecular flexibility index (Phi) is 5.15. The van der Waals surface area contributed by atoms with E-state index in [1.54, 1.807) is 17.7 Å². The minimum Gasteiger partial charge on any atom is -0.261 e. The van der Waals surface area contributed by atoms with Crippen molar-refractivity contribution in [1.82, 2.24) is 15.0 Å². The van der Waals surface area contributed by atoms with Crippen LogP contribution in [-0.2, 0) is 6.42 Å². The lowest BCUT2D eigenvalue weighted by Gasteiger charge is -2.17. The van der Waals surface area contributed by atoms with Gasteiger partial charge in [-0.05, 0) is 64.9 Å². The Bertz CT molecular complexity index is 1710. The van der Waals surface area contributed by atoms with Crippen molar-refractivity contribution in [3.8, 4) is 22.4 Å². The van der Waals surface area contributed by atoms with E-state index in [2.05, 4.69) is 92.5 Å². The molecule has 0 atom stereocenters. The summed E-state index contributed by atoms with van der Waals surface area (Å²) in [7, 11) is 0. The standard InChI is InChI=1S/C31H27N3S/c1-19-9-11-22(17-32-19)26-15-23(14-21-7-5-6-8-24(21)26)28-30-29(34-18-33-28)25-12-10-20(13-27(25)35-30)16-31(2,3)4/h5-15,17-18H,16H2,1-4H3. The van der Waals surface area contributed by atoms with E-state index in [9.17, 15) is 0 Å². The van der Waals surface area contributed by atoms with Gasteiger partial charge in [-0.2, -0.15) is 0 Å². The third-order valence-electron chi connectivity index (χ3n) is 6.41. The average Bonchev–Trinajstić information content (AvgIpc) is 3.21. The number of aromatic nitrogens is 3. The van der Waals surface area contributed by atoms with Crippen molar-refractivity contribution >= 4 is 42.4 Å².